The van der Waals surface area contributed by atoms with E-state index in [1.54, 1.807) is 0 Å². The van der Waals surface area contributed by atoms with Gasteiger partial charge in [-0.3, -0.25) is 4.98 Å². The lowest BCUT2D eigenvalue weighted by molar-refractivity contribution is -0.000693. The van der Waals surface area contributed by atoms with E-state index in [-0.39, 0.29) is 6.42 Å². The Labute approximate surface area is 80.6 Å². The predicted octanol–water partition coefficient (Wildman–Crippen LogP) is 2.08. The highest BCUT2D eigenvalue weighted by atomic mass is 19.3. The van der Waals surface area contributed by atoms with Gasteiger partial charge in [0.15, 0.2) is 0 Å². The first-order valence-electron chi connectivity index (χ1n) is 4.59. The second-order valence-electron chi connectivity index (χ2n) is 3.44. The van der Waals surface area contributed by atoms with Crippen molar-refractivity contribution >= 4 is 5.82 Å². The molecule has 0 aromatic carbocycles. The minimum absolute atomic E-state index is 0.0368. The van der Waals surface area contributed by atoms with Crippen molar-refractivity contribution in [2.45, 2.75) is 31.2 Å². The van der Waals surface area contributed by atoms with E-state index in [9.17, 15) is 8.78 Å². The SMILES string of the molecule is FC1(F)CCCC1Nc1cnccn1. The van der Waals surface area contributed by atoms with Crippen LogP contribution in [0.1, 0.15) is 19.3 Å². The van der Waals surface area contributed by atoms with Gasteiger partial charge in [0.2, 0.25) is 0 Å². The molecule has 1 unspecified atom stereocenters. The van der Waals surface area contributed by atoms with Gasteiger partial charge in [0.05, 0.1) is 12.2 Å². The third kappa shape index (κ3) is 1.81. The Balaban J connectivity index is 2.05. The third-order valence-corrected chi connectivity index (χ3v) is 2.40. The average molecular weight is 199 g/mol. The summed E-state index contributed by atoms with van der Waals surface area (Å²) in [5.41, 5.74) is 0. The summed E-state index contributed by atoms with van der Waals surface area (Å²) in [6.07, 6.45) is 5.46. The molecule has 76 valence electrons. The highest BCUT2D eigenvalue weighted by molar-refractivity contribution is 5.32. The van der Waals surface area contributed by atoms with Crippen molar-refractivity contribution in [1.82, 2.24) is 9.97 Å². The summed E-state index contributed by atoms with van der Waals surface area (Å²) in [5, 5.41) is 2.71. The summed E-state index contributed by atoms with van der Waals surface area (Å²) in [6, 6.07) is -0.792. The number of aromatic nitrogens is 2. The molecule has 1 heterocycles. The normalized spacial score (nSPS) is 24.9. The van der Waals surface area contributed by atoms with Gasteiger partial charge in [0.1, 0.15) is 5.82 Å². The van der Waals surface area contributed by atoms with Gasteiger partial charge >= 0.3 is 0 Å². The molecule has 1 atom stereocenters. The third-order valence-electron chi connectivity index (χ3n) is 2.40. The molecule has 0 spiro atoms. The standard InChI is InChI=1S/C9H11F2N3/c10-9(11)3-1-2-7(9)14-8-6-12-4-5-13-8/h4-7H,1-3H2,(H,13,14). The Hall–Kier alpha value is -1.26. The minimum Gasteiger partial charge on any atom is -0.360 e. The second kappa shape index (κ2) is 3.48. The van der Waals surface area contributed by atoms with E-state index in [2.05, 4.69) is 15.3 Å². The second-order valence-corrected chi connectivity index (χ2v) is 3.44. The molecule has 0 saturated heterocycles. The van der Waals surface area contributed by atoms with Gasteiger partial charge in [-0.25, -0.2) is 13.8 Å². The largest absolute Gasteiger partial charge is 0.360 e. The molecular formula is C9H11F2N3. The fourth-order valence-corrected chi connectivity index (χ4v) is 1.66. The molecule has 1 aliphatic carbocycles. The number of nitrogens with zero attached hydrogens (tertiary/aromatic N) is 2. The van der Waals surface area contributed by atoms with Crippen LogP contribution in [0.25, 0.3) is 0 Å². The van der Waals surface area contributed by atoms with Crippen LogP contribution in [0.4, 0.5) is 14.6 Å². The monoisotopic (exact) mass is 199 g/mol. The van der Waals surface area contributed by atoms with Crippen molar-refractivity contribution in [2.75, 3.05) is 5.32 Å². The lowest BCUT2D eigenvalue weighted by Crippen LogP contribution is -2.34. The zero-order valence-electron chi connectivity index (χ0n) is 7.58. The first kappa shape index (κ1) is 9.30. The van der Waals surface area contributed by atoms with E-state index in [0.717, 1.165) is 0 Å². The fourth-order valence-electron chi connectivity index (χ4n) is 1.66. The number of alkyl halides is 2. The molecule has 1 aromatic heterocycles. The first-order chi connectivity index (χ1) is 6.68. The van der Waals surface area contributed by atoms with Crippen LogP contribution in [0.15, 0.2) is 18.6 Å². The van der Waals surface area contributed by atoms with Crippen molar-refractivity contribution in [2.24, 2.45) is 0 Å². The highest BCUT2D eigenvalue weighted by Gasteiger charge is 2.43. The number of anilines is 1. The van der Waals surface area contributed by atoms with Crippen LogP contribution in [0.2, 0.25) is 0 Å². The predicted molar refractivity (Wildman–Crippen MR) is 48.2 cm³/mol. The Morgan fingerprint density at radius 2 is 2.29 bits per heavy atom. The first-order valence-corrected chi connectivity index (χ1v) is 4.59. The lowest BCUT2D eigenvalue weighted by Gasteiger charge is -2.20. The summed E-state index contributed by atoms with van der Waals surface area (Å²) >= 11 is 0. The number of hydrogen-bond donors (Lipinski definition) is 1. The Morgan fingerprint density at radius 1 is 1.43 bits per heavy atom. The van der Waals surface area contributed by atoms with Crippen molar-refractivity contribution < 1.29 is 8.78 Å². The summed E-state index contributed by atoms with van der Waals surface area (Å²) in [6.45, 7) is 0. The quantitative estimate of drug-likeness (QED) is 0.792. The van der Waals surface area contributed by atoms with E-state index in [4.69, 9.17) is 0 Å². The zero-order chi connectivity index (χ0) is 10.0. The van der Waals surface area contributed by atoms with E-state index < -0.39 is 12.0 Å². The van der Waals surface area contributed by atoms with Crippen molar-refractivity contribution in [3.8, 4) is 0 Å². The van der Waals surface area contributed by atoms with Crippen molar-refractivity contribution in [1.29, 1.82) is 0 Å². The summed E-state index contributed by atoms with van der Waals surface area (Å²) in [4.78, 5) is 7.71. The average Bonchev–Trinajstić information content (AvgIpc) is 2.48. The maximum atomic E-state index is 13.2. The topological polar surface area (TPSA) is 37.8 Å². The summed E-state index contributed by atoms with van der Waals surface area (Å²) in [5.74, 6) is -2.20. The van der Waals surface area contributed by atoms with Crippen LogP contribution in [0, 0.1) is 0 Å². The van der Waals surface area contributed by atoms with E-state index >= 15 is 0 Å². The lowest BCUT2D eigenvalue weighted by atomic mass is 10.2. The fraction of sp³-hybridized carbons (Fsp3) is 0.556. The number of nitrogens with one attached hydrogen (secondary N) is 1. The molecule has 0 bridgehead atoms. The Morgan fingerprint density at radius 3 is 2.86 bits per heavy atom. The van der Waals surface area contributed by atoms with Crippen LogP contribution in [0.5, 0.6) is 0 Å². The molecule has 5 heteroatoms. The summed E-state index contributed by atoms with van der Waals surface area (Å²) < 4.78 is 26.4. The molecule has 1 aliphatic rings. The molecule has 1 N–H and O–H groups in total. The maximum Gasteiger partial charge on any atom is 0.267 e. The molecule has 2 rings (SSSR count). The number of rotatable bonds is 2. The van der Waals surface area contributed by atoms with Gasteiger partial charge in [0.25, 0.3) is 5.92 Å². The van der Waals surface area contributed by atoms with Gasteiger partial charge in [-0.15, -0.1) is 0 Å². The van der Waals surface area contributed by atoms with E-state index in [1.165, 1.54) is 18.6 Å². The van der Waals surface area contributed by atoms with Gasteiger partial charge in [0, 0.05) is 18.8 Å². The minimum atomic E-state index is -2.61. The number of halogens is 2. The Bertz CT molecular complexity index is 302. The molecule has 0 radical (unpaired) electrons. The highest BCUT2D eigenvalue weighted by Crippen LogP contribution is 2.36. The molecule has 1 saturated carbocycles. The molecular weight excluding hydrogens is 188 g/mol. The molecule has 3 nitrogen and oxygen atoms in total. The molecule has 0 aliphatic heterocycles. The van der Waals surface area contributed by atoms with Crippen LogP contribution in [-0.2, 0) is 0 Å². The summed E-state index contributed by atoms with van der Waals surface area (Å²) in [7, 11) is 0. The van der Waals surface area contributed by atoms with Crippen LogP contribution < -0.4 is 5.32 Å². The maximum absolute atomic E-state index is 13.2. The molecule has 1 fully saturated rings. The van der Waals surface area contributed by atoms with Gasteiger partial charge < -0.3 is 5.32 Å². The van der Waals surface area contributed by atoms with Gasteiger partial charge in [-0.1, -0.05) is 0 Å². The van der Waals surface area contributed by atoms with Crippen LogP contribution in [-0.4, -0.2) is 21.9 Å². The number of hydrogen-bond acceptors (Lipinski definition) is 3. The van der Waals surface area contributed by atoms with Crippen molar-refractivity contribution in [3.63, 3.8) is 0 Å². The van der Waals surface area contributed by atoms with Gasteiger partial charge in [-0.2, -0.15) is 0 Å². The Kier molecular flexibility index (Phi) is 2.31. The molecule has 0 amide bonds. The van der Waals surface area contributed by atoms with Crippen LogP contribution >= 0.6 is 0 Å². The van der Waals surface area contributed by atoms with Crippen LogP contribution in [0.3, 0.4) is 0 Å². The van der Waals surface area contributed by atoms with Crippen molar-refractivity contribution in [3.05, 3.63) is 18.6 Å². The zero-order valence-corrected chi connectivity index (χ0v) is 7.58. The smallest absolute Gasteiger partial charge is 0.267 e. The van der Waals surface area contributed by atoms with E-state index in [0.29, 0.717) is 18.7 Å². The molecule has 1 aromatic rings. The van der Waals surface area contributed by atoms with Gasteiger partial charge in [-0.05, 0) is 12.8 Å². The molecule has 14 heavy (non-hydrogen) atoms. The van der Waals surface area contributed by atoms with E-state index in [1.807, 2.05) is 0 Å².